The van der Waals surface area contributed by atoms with Crippen molar-refractivity contribution >= 4 is 5.97 Å². The fraction of sp³-hybridized carbons (Fsp3) is 0.769. The Bertz CT molecular complexity index is 292. The molecule has 0 amide bonds. The van der Waals surface area contributed by atoms with Gasteiger partial charge in [0.05, 0.1) is 0 Å². The molecule has 2 atom stereocenters. The average Bonchev–Trinajstić information content (AvgIpc) is 2.75. The van der Waals surface area contributed by atoms with Gasteiger partial charge in [0.1, 0.15) is 6.61 Å². The number of likely N-dealkylation sites (tertiary alicyclic amines) is 1. The summed E-state index contributed by atoms with van der Waals surface area (Å²) in [5.74, 6) is 0.247. The SMILES string of the molecule is CC(C1=CC(=O)OC1)C(C)N1CCCCC1. The number of hydrogen-bond acceptors (Lipinski definition) is 3. The lowest BCUT2D eigenvalue weighted by atomic mass is 9.92. The first-order valence-corrected chi connectivity index (χ1v) is 6.30. The van der Waals surface area contributed by atoms with Gasteiger partial charge in [-0.25, -0.2) is 4.79 Å². The van der Waals surface area contributed by atoms with Crippen molar-refractivity contribution in [1.29, 1.82) is 0 Å². The van der Waals surface area contributed by atoms with Gasteiger partial charge < -0.3 is 9.64 Å². The highest BCUT2D eigenvalue weighted by Gasteiger charge is 2.27. The van der Waals surface area contributed by atoms with Gasteiger partial charge in [-0.15, -0.1) is 0 Å². The average molecular weight is 223 g/mol. The number of piperidine rings is 1. The molecule has 3 nitrogen and oxygen atoms in total. The van der Waals surface area contributed by atoms with Crippen LogP contribution in [0.15, 0.2) is 11.6 Å². The van der Waals surface area contributed by atoms with Crippen molar-refractivity contribution in [1.82, 2.24) is 4.90 Å². The van der Waals surface area contributed by atoms with Crippen LogP contribution >= 0.6 is 0 Å². The Morgan fingerprint density at radius 1 is 1.25 bits per heavy atom. The number of esters is 1. The maximum Gasteiger partial charge on any atom is 0.331 e. The zero-order valence-electron chi connectivity index (χ0n) is 10.2. The summed E-state index contributed by atoms with van der Waals surface area (Å²) in [4.78, 5) is 13.6. The molecule has 0 N–H and O–H groups in total. The molecule has 0 aliphatic carbocycles. The molecule has 0 aromatic carbocycles. The van der Waals surface area contributed by atoms with Crippen molar-refractivity contribution < 1.29 is 9.53 Å². The van der Waals surface area contributed by atoms with E-state index in [1.165, 1.54) is 32.4 Å². The summed E-state index contributed by atoms with van der Waals surface area (Å²) in [7, 11) is 0. The maximum absolute atomic E-state index is 11.0. The first-order chi connectivity index (χ1) is 7.68. The molecule has 0 saturated carbocycles. The van der Waals surface area contributed by atoms with E-state index in [-0.39, 0.29) is 5.97 Å². The van der Waals surface area contributed by atoms with Crippen molar-refractivity contribution in [2.45, 2.75) is 39.2 Å². The largest absolute Gasteiger partial charge is 0.458 e. The maximum atomic E-state index is 11.0. The van der Waals surface area contributed by atoms with Gasteiger partial charge in [0.15, 0.2) is 0 Å². The molecule has 2 aliphatic rings. The van der Waals surface area contributed by atoms with E-state index >= 15 is 0 Å². The first-order valence-electron chi connectivity index (χ1n) is 6.30. The van der Waals surface area contributed by atoms with Crippen molar-refractivity contribution in [2.24, 2.45) is 5.92 Å². The van der Waals surface area contributed by atoms with Crippen molar-refractivity contribution in [3.63, 3.8) is 0 Å². The normalized spacial score (nSPS) is 26.1. The molecule has 1 fully saturated rings. The Labute approximate surface area is 97.5 Å². The number of carbonyl (C=O) groups excluding carboxylic acids is 1. The Hall–Kier alpha value is -0.830. The summed E-state index contributed by atoms with van der Waals surface area (Å²) < 4.78 is 4.97. The highest BCUT2D eigenvalue weighted by molar-refractivity contribution is 5.85. The second kappa shape index (κ2) is 5.00. The fourth-order valence-electron chi connectivity index (χ4n) is 2.60. The number of cyclic esters (lactones) is 1. The topological polar surface area (TPSA) is 29.5 Å². The van der Waals surface area contributed by atoms with Crippen LogP contribution in [0, 0.1) is 5.92 Å². The summed E-state index contributed by atoms with van der Waals surface area (Å²) in [6.45, 7) is 7.37. The zero-order chi connectivity index (χ0) is 11.5. The van der Waals surface area contributed by atoms with Gasteiger partial charge in [-0.3, -0.25) is 0 Å². The highest BCUT2D eigenvalue weighted by Crippen LogP contribution is 2.25. The van der Waals surface area contributed by atoms with Crippen LogP contribution in [0.5, 0.6) is 0 Å². The molecule has 16 heavy (non-hydrogen) atoms. The van der Waals surface area contributed by atoms with Crippen LogP contribution < -0.4 is 0 Å². The number of carbonyl (C=O) groups is 1. The highest BCUT2D eigenvalue weighted by atomic mass is 16.5. The molecule has 0 aromatic rings. The molecular formula is C13H21NO2. The molecule has 90 valence electrons. The van der Waals surface area contributed by atoms with Gasteiger partial charge in [0.25, 0.3) is 0 Å². The van der Waals surface area contributed by atoms with Gasteiger partial charge in [-0.1, -0.05) is 13.3 Å². The summed E-state index contributed by atoms with van der Waals surface area (Å²) >= 11 is 0. The van der Waals surface area contributed by atoms with Crippen LogP contribution in [0.1, 0.15) is 33.1 Å². The standard InChI is InChI=1S/C13H21NO2/c1-10(12-8-13(15)16-9-12)11(2)14-6-4-3-5-7-14/h8,10-11H,3-7,9H2,1-2H3. The lowest BCUT2D eigenvalue weighted by Crippen LogP contribution is -2.41. The number of nitrogens with zero attached hydrogens (tertiary/aromatic N) is 1. The zero-order valence-corrected chi connectivity index (χ0v) is 10.2. The predicted molar refractivity (Wildman–Crippen MR) is 63.1 cm³/mol. The molecule has 2 unspecified atom stereocenters. The molecule has 0 spiro atoms. The molecule has 0 aromatic heterocycles. The van der Waals surface area contributed by atoms with Crippen LogP contribution in [-0.4, -0.2) is 36.6 Å². The van der Waals surface area contributed by atoms with Crippen molar-refractivity contribution in [3.8, 4) is 0 Å². The Balaban J connectivity index is 1.95. The van der Waals surface area contributed by atoms with E-state index in [1.807, 2.05) is 0 Å². The number of ether oxygens (including phenoxy) is 1. The molecule has 0 bridgehead atoms. The molecule has 0 radical (unpaired) electrons. The van der Waals surface area contributed by atoms with E-state index in [0.29, 0.717) is 18.6 Å². The second-order valence-corrected chi connectivity index (χ2v) is 4.95. The fourth-order valence-corrected chi connectivity index (χ4v) is 2.60. The molecule has 2 aliphatic heterocycles. The van der Waals surface area contributed by atoms with E-state index in [9.17, 15) is 4.79 Å². The molecule has 2 rings (SSSR count). The van der Waals surface area contributed by atoms with E-state index in [4.69, 9.17) is 4.74 Å². The number of hydrogen-bond donors (Lipinski definition) is 0. The lowest BCUT2D eigenvalue weighted by molar-refractivity contribution is -0.135. The third kappa shape index (κ3) is 2.46. The summed E-state index contributed by atoms with van der Waals surface area (Å²) in [5, 5.41) is 0. The quantitative estimate of drug-likeness (QED) is 0.685. The van der Waals surface area contributed by atoms with Crippen molar-refractivity contribution in [2.75, 3.05) is 19.7 Å². The van der Waals surface area contributed by atoms with Crippen molar-refractivity contribution in [3.05, 3.63) is 11.6 Å². The first kappa shape index (κ1) is 11.6. The van der Waals surface area contributed by atoms with Gasteiger partial charge in [0, 0.05) is 12.1 Å². The third-order valence-electron chi connectivity index (χ3n) is 3.96. The van der Waals surface area contributed by atoms with Gasteiger partial charge in [0.2, 0.25) is 0 Å². The monoisotopic (exact) mass is 223 g/mol. The third-order valence-corrected chi connectivity index (χ3v) is 3.96. The second-order valence-electron chi connectivity index (χ2n) is 4.95. The van der Waals surface area contributed by atoms with Gasteiger partial charge in [-0.05, 0) is 44.3 Å². The Morgan fingerprint density at radius 3 is 2.50 bits per heavy atom. The molecule has 2 heterocycles. The van der Waals surface area contributed by atoms with E-state index in [0.717, 1.165) is 5.57 Å². The number of rotatable bonds is 3. The van der Waals surface area contributed by atoms with Gasteiger partial charge >= 0.3 is 5.97 Å². The van der Waals surface area contributed by atoms with Crippen LogP contribution in [0.2, 0.25) is 0 Å². The smallest absolute Gasteiger partial charge is 0.331 e. The van der Waals surface area contributed by atoms with E-state index < -0.39 is 0 Å². The molecule has 1 saturated heterocycles. The summed E-state index contributed by atoms with van der Waals surface area (Å²) in [6.07, 6.45) is 5.66. The Kier molecular flexibility index (Phi) is 3.64. The van der Waals surface area contributed by atoms with E-state index in [2.05, 4.69) is 18.7 Å². The van der Waals surface area contributed by atoms with E-state index in [1.54, 1.807) is 6.08 Å². The predicted octanol–water partition coefficient (Wildman–Crippen LogP) is 1.98. The van der Waals surface area contributed by atoms with Crippen LogP contribution in [0.25, 0.3) is 0 Å². The minimum Gasteiger partial charge on any atom is -0.458 e. The van der Waals surface area contributed by atoms with Crippen LogP contribution in [0.4, 0.5) is 0 Å². The summed E-state index contributed by atoms with van der Waals surface area (Å²) in [6, 6.07) is 0.515. The minimum absolute atomic E-state index is 0.173. The van der Waals surface area contributed by atoms with Crippen LogP contribution in [0.3, 0.4) is 0 Å². The van der Waals surface area contributed by atoms with Gasteiger partial charge in [-0.2, -0.15) is 0 Å². The molecule has 3 heteroatoms. The summed E-state index contributed by atoms with van der Waals surface area (Å²) in [5.41, 5.74) is 1.16. The van der Waals surface area contributed by atoms with Crippen LogP contribution in [-0.2, 0) is 9.53 Å². The minimum atomic E-state index is -0.173. The molecular weight excluding hydrogens is 202 g/mol. The lowest BCUT2D eigenvalue weighted by Gasteiger charge is -2.36. The Morgan fingerprint density at radius 2 is 1.94 bits per heavy atom.